The Morgan fingerprint density at radius 2 is 1.89 bits per heavy atom. The largest absolute Gasteiger partial charge is 0.388 e. The van der Waals surface area contributed by atoms with E-state index in [4.69, 9.17) is 0 Å². The summed E-state index contributed by atoms with van der Waals surface area (Å²) in [6.45, 7) is 7.35. The molecule has 0 amide bonds. The highest BCUT2D eigenvalue weighted by Crippen LogP contribution is 2.28. The van der Waals surface area contributed by atoms with Crippen molar-refractivity contribution < 1.29 is 5.11 Å². The molecule has 0 radical (unpaired) electrons. The molecule has 7 nitrogen and oxygen atoms in total. The molecule has 2 heterocycles. The number of hydrogen-bond donors (Lipinski definition) is 4. The molecule has 0 aliphatic rings. The fraction of sp³-hybridized carbons (Fsp3) is 0.583. The number of aromatic nitrogens is 4. The lowest BCUT2D eigenvalue weighted by atomic mass is 9.86. The number of aromatic amines is 1. The first-order valence-corrected chi connectivity index (χ1v) is 6.14. The number of hydrogen-bond acceptors (Lipinski definition) is 6. The summed E-state index contributed by atoms with van der Waals surface area (Å²) in [5, 5.41) is 23.9. The van der Waals surface area contributed by atoms with Crippen LogP contribution in [0.5, 0.6) is 0 Å². The number of aliphatic hydroxyl groups is 1. The van der Waals surface area contributed by atoms with E-state index in [1.54, 1.807) is 27.1 Å². The van der Waals surface area contributed by atoms with Gasteiger partial charge in [0, 0.05) is 7.05 Å². The second-order valence-electron chi connectivity index (χ2n) is 5.59. The Morgan fingerprint density at radius 1 is 1.21 bits per heavy atom. The zero-order valence-corrected chi connectivity index (χ0v) is 11.9. The highest BCUT2D eigenvalue weighted by atomic mass is 16.3. The number of H-pyrrole nitrogens is 1. The van der Waals surface area contributed by atoms with Crippen LogP contribution in [0.15, 0.2) is 6.20 Å². The van der Waals surface area contributed by atoms with E-state index in [0.29, 0.717) is 17.4 Å². The normalized spacial score (nSPS) is 12.7. The Kier molecular flexibility index (Phi) is 3.09. The number of anilines is 2. The van der Waals surface area contributed by atoms with Crippen molar-refractivity contribution >= 4 is 22.8 Å². The van der Waals surface area contributed by atoms with Gasteiger partial charge in [0.15, 0.2) is 5.65 Å². The smallest absolute Gasteiger partial charge is 0.226 e. The van der Waals surface area contributed by atoms with Crippen LogP contribution in [0, 0.1) is 0 Å². The molecular weight excluding hydrogens is 244 g/mol. The van der Waals surface area contributed by atoms with Crippen molar-refractivity contribution in [3.05, 3.63) is 6.20 Å². The second-order valence-corrected chi connectivity index (χ2v) is 5.59. The Morgan fingerprint density at radius 3 is 2.47 bits per heavy atom. The van der Waals surface area contributed by atoms with Gasteiger partial charge in [0.1, 0.15) is 5.82 Å². The molecule has 19 heavy (non-hydrogen) atoms. The van der Waals surface area contributed by atoms with E-state index in [1.807, 2.05) is 13.8 Å². The van der Waals surface area contributed by atoms with Crippen molar-refractivity contribution in [2.45, 2.75) is 38.8 Å². The van der Waals surface area contributed by atoms with Crippen LogP contribution in [0.2, 0.25) is 0 Å². The van der Waals surface area contributed by atoms with Gasteiger partial charge >= 0.3 is 0 Å². The topological polar surface area (TPSA) is 98.8 Å². The van der Waals surface area contributed by atoms with Crippen LogP contribution in [0.4, 0.5) is 11.8 Å². The highest BCUT2D eigenvalue weighted by Gasteiger charge is 2.35. The van der Waals surface area contributed by atoms with Crippen molar-refractivity contribution in [1.29, 1.82) is 0 Å². The monoisotopic (exact) mass is 264 g/mol. The molecule has 2 rings (SSSR count). The molecule has 0 saturated carbocycles. The molecular formula is C12H20N6O. The van der Waals surface area contributed by atoms with E-state index in [-0.39, 0.29) is 0 Å². The van der Waals surface area contributed by atoms with E-state index in [2.05, 4.69) is 30.8 Å². The summed E-state index contributed by atoms with van der Waals surface area (Å²) in [4.78, 5) is 8.65. The molecule has 2 aromatic heterocycles. The van der Waals surface area contributed by atoms with Crippen molar-refractivity contribution in [2.24, 2.45) is 0 Å². The third-order valence-electron chi connectivity index (χ3n) is 3.49. The first kappa shape index (κ1) is 13.5. The summed E-state index contributed by atoms with van der Waals surface area (Å²) in [5.41, 5.74) is -0.821. The van der Waals surface area contributed by atoms with Crippen LogP contribution in [0.3, 0.4) is 0 Å². The quantitative estimate of drug-likeness (QED) is 0.665. The number of nitrogens with zero attached hydrogens (tertiary/aromatic N) is 3. The molecule has 0 unspecified atom stereocenters. The van der Waals surface area contributed by atoms with Gasteiger partial charge < -0.3 is 15.7 Å². The fourth-order valence-corrected chi connectivity index (χ4v) is 1.49. The maximum absolute atomic E-state index is 10.2. The SMILES string of the molecule is CNc1nc(NC(C)(C)C(C)(C)O)c2cn[nH]c2n1. The maximum Gasteiger partial charge on any atom is 0.226 e. The first-order valence-electron chi connectivity index (χ1n) is 6.14. The highest BCUT2D eigenvalue weighted by molar-refractivity contribution is 5.87. The van der Waals surface area contributed by atoms with Gasteiger partial charge in [-0.2, -0.15) is 15.1 Å². The molecule has 104 valence electrons. The molecule has 0 saturated heterocycles. The Labute approximate surface area is 111 Å². The van der Waals surface area contributed by atoms with E-state index in [1.165, 1.54) is 0 Å². The lowest BCUT2D eigenvalue weighted by Gasteiger charge is -2.38. The summed E-state index contributed by atoms with van der Waals surface area (Å²) in [6, 6.07) is 0. The number of fused-ring (bicyclic) bond motifs is 1. The Balaban J connectivity index is 2.47. The van der Waals surface area contributed by atoms with Gasteiger partial charge in [0.2, 0.25) is 5.95 Å². The maximum atomic E-state index is 10.2. The van der Waals surface area contributed by atoms with Crippen LogP contribution < -0.4 is 10.6 Å². The van der Waals surface area contributed by atoms with Gasteiger partial charge in [-0.3, -0.25) is 5.10 Å². The summed E-state index contributed by atoms with van der Waals surface area (Å²) in [6.07, 6.45) is 1.66. The number of nitrogens with one attached hydrogen (secondary N) is 3. The van der Waals surface area contributed by atoms with Gasteiger partial charge in [-0.05, 0) is 27.7 Å². The van der Waals surface area contributed by atoms with Crippen molar-refractivity contribution in [1.82, 2.24) is 20.2 Å². The molecule has 0 fully saturated rings. The molecule has 0 aromatic carbocycles. The standard InChI is InChI=1S/C12H20N6O/c1-11(2,12(3,4)19)17-8-7-6-14-18-9(7)16-10(13-5)15-8/h6,19H,1-5H3,(H3,13,14,15,16,17,18). The first-order chi connectivity index (χ1) is 8.74. The molecule has 0 aliphatic heterocycles. The summed E-state index contributed by atoms with van der Waals surface area (Å²) < 4.78 is 0. The van der Waals surface area contributed by atoms with E-state index >= 15 is 0 Å². The third-order valence-corrected chi connectivity index (χ3v) is 3.49. The van der Waals surface area contributed by atoms with Gasteiger partial charge in [-0.15, -0.1) is 0 Å². The number of rotatable bonds is 4. The average molecular weight is 264 g/mol. The summed E-state index contributed by atoms with van der Waals surface area (Å²) in [7, 11) is 1.75. The van der Waals surface area contributed by atoms with Crippen molar-refractivity contribution in [3.8, 4) is 0 Å². The molecule has 0 atom stereocenters. The van der Waals surface area contributed by atoms with Gasteiger partial charge in [-0.25, -0.2) is 0 Å². The van der Waals surface area contributed by atoms with E-state index < -0.39 is 11.1 Å². The fourth-order valence-electron chi connectivity index (χ4n) is 1.49. The molecule has 0 bridgehead atoms. The Hall–Kier alpha value is -1.89. The molecule has 2 aromatic rings. The van der Waals surface area contributed by atoms with Crippen LogP contribution in [-0.2, 0) is 0 Å². The molecule has 4 N–H and O–H groups in total. The average Bonchev–Trinajstić information content (AvgIpc) is 2.75. The minimum atomic E-state index is -0.909. The van der Waals surface area contributed by atoms with Crippen LogP contribution in [0.1, 0.15) is 27.7 Å². The lowest BCUT2D eigenvalue weighted by molar-refractivity contribution is 0.0239. The summed E-state index contributed by atoms with van der Waals surface area (Å²) >= 11 is 0. The predicted octanol–water partition coefficient (Wildman–Crippen LogP) is 1.36. The third kappa shape index (κ3) is 2.46. The van der Waals surface area contributed by atoms with E-state index in [9.17, 15) is 5.11 Å². The van der Waals surface area contributed by atoms with Crippen molar-refractivity contribution in [2.75, 3.05) is 17.7 Å². The predicted molar refractivity (Wildman–Crippen MR) is 75.2 cm³/mol. The van der Waals surface area contributed by atoms with Gasteiger partial charge in [-0.1, -0.05) is 0 Å². The van der Waals surface area contributed by atoms with Gasteiger partial charge in [0.05, 0.1) is 22.7 Å². The zero-order valence-electron chi connectivity index (χ0n) is 11.9. The molecule has 0 spiro atoms. The molecule has 7 heteroatoms. The second kappa shape index (κ2) is 4.34. The van der Waals surface area contributed by atoms with Gasteiger partial charge in [0.25, 0.3) is 0 Å². The van der Waals surface area contributed by atoms with Crippen LogP contribution in [-0.4, -0.2) is 43.5 Å². The Bertz CT molecular complexity index is 583. The van der Waals surface area contributed by atoms with Crippen LogP contribution in [0.25, 0.3) is 11.0 Å². The van der Waals surface area contributed by atoms with Crippen LogP contribution >= 0.6 is 0 Å². The molecule has 0 aliphatic carbocycles. The minimum absolute atomic E-state index is 0.491. The van der Waals surface area contributed by atoms with E-state index in [0.717, 1.165) is 5.39 Å². The zero-order chi connectivity index (χ0) is 14.3. The van der Waals surface area contributed by atoms with Crippen molar-refractivity contribution in [3.63, 3.8) is 0 Å². The summed E-state index contributed by atoms with van der Waals surface area (Å²) in [5.74, 6) is 1.13. The minimum Gasteiger partial charge on any atom is -0.388 e. The lowest BCUT2D eigenvalue weighted by Crippen LogP contribution is -2.51.